The van der Waals surface area contributed by atoms with E-state index >= 15 is 0 Å². The van der Waals surface area contributed by atoms with E-state index in [4.69, 9.17) is 0 Å². The van der Waals surface area contributed by atoms with Crippen LogP contribution < -0.4 is 5.32 Å². The van der Waals surface area contributed by atoms with Crippen molar-refractivity contribution in [3.8, 4) is 0 Å². The van der Waals surface area contributed by atoms with Crippen molar-refractivity contribution in [1.29, 1.82) is 0 Å². The van der Waals surface area contributed by atoms with Crippen LogP contribution >= 0.6 is 11.3 Å². The molecule has 3 nitrogen and oxygen atoms in total. The van der Waals surface area contributed by atoms with Crippen molar-refractivity contribution < 1.29 is 5.11 Å². The molecule has 1 rings (SSSR count). The molecule has 1 aromatic heterocycles. The fourth-order valence-corrected chi connectivity index (χ4v) is 2.05. The fraction of sp³-hybridized carbons (Fsp3) is 0.667. The molecule has 4 heteroatoms. The number of aliphatic hydroxyl groups excluding tert-OH is 1. The van der Waals surface area contributed by atoms with E-state index in [0.29, 0.717) is 12.6 Å². The van der Waals surface area contributed by atoms with Gasteiger partial charge in [-0.05, 0) is 32.3 Å². The first-order chi connectivity index (χ1) is 7.61. The standard InChI is InChI=1S/C12H22N2OS/c1-10(2)14(3)7-6-13-9-11(15)12-5-4-8-16-12/h4-5,8,10-11,13,15H,6-7,9H2,1-3H3. The summed E-state index contributed by atoms with van der Waals surface area (Å²) in [6.45, 7) is 6.92. The van der Waals surface area contributed by atoms with Crippen LogP contribution in [0.3, 0.4) is 0 Å². The first-order valence-corrected chi connectivity index (χ1v) is 6.61. The second kappa shape index (κ2) is 7.01. The van der Waals surface area contributed by atoms with Gasteiger partial charge in [0.25, 0.3) is 0 Å². The number of likely N-dealkylation sites (N-methyl/N-ethyl adjacent to an activating group) is 1. The summed E-state index contributed by atoms with van der Waals surface area (Å²) >= 11 is 1.60. The average Bonchev–Trinajstić information content (AvgIpc) is 2.76. The van der Waals surface area contributed by atoms with Crippen molar-refractivity contribution in [2.75, 3.05) is 26.7 Å². The first kappa shape index (κ1) is 13.6. The maximum Gasteiger partial charge on any atom is 0.101 e. The van der Waals surface area contributed by atoms with Gasteiger partial charge in [0.15, 0.2) is 0 Å². The lowest BCUT2D eigenvalue weighted by Crippen LogP contribution is -2.35. The molecule has 0 radical (unpaired) electrons. The van der Waals surface area contributed by atoms with Gasteiger partial charge in [-0.25, -0.2) is 0 Å². The Morgan fingerprint density at radius 2 is 2.25 bits per heavy atom. The molecule has 0 spiro atoms. The van der Waals surface area contributed by atoms with Gasteiger partial charge in [-0.3, -0.25) is 0 Å². The summed E-state index contributed by atoms with van der Waals surface area (Å²) in [5.74, 6) is 0. The van der Waals surface area contributed by atoms with Crippen LogP contribution in [-0.2, 0) is 0 Å². The smallest absolute Gasteiger partial charge is 0.101 e. The number of hydrogen-bond acceptors (Lipinski definition) is 4. The molecule has 0 aromatic carbocycles. The number of rotatable bonds is 7. The first-order valence-electron chi connectivity index (χ1n) is 5.73. The molecule has 1 aromatic rings. The molecule has 0 saturated heterocycles. The Morgan fingerprint density at radius 1 is 1.50 bits per heavy atom. The topological polar surface area (TPSA) is 35.5 Å². The minimum Gasteiger partial charge on any atom is -0.386 e. The lowest BCUT2D eigenvalue weighted by molar-refractivity contribution is 0.175. The van der Waals surface area contributed by atoms with Gasteiger partial charge in [0, 0.05) is 30.6 Å². The van der Waals surface area contributed by atoms with Crippen LogP contribution in [0.1, 0.15) is 24.8 Å². The fourth-order valence-electron chi connectivity index (χ4n) is 1.33. The van der Waals surface area contributed by atoms with Crippen molar-refractivity contribution in [3.63, 3.8) is 0 Å². The maximum atomic E-state index is 9.82. The SMILES string of the molecule is CC(C)N(C)CCNCC(O)c1cccs1. The van der Waals surface area contributed by atoms with E-state index in [-0.39, 0.29) is 6.10 Å². The molecule has 0 amide bonds. The van der Waals surface area contributed by atoms with Gasteiger partial charge in [0.05, 0.1) is 0 Å². The molecule has 0 aliphatic heterocycles. The van der Waals surface area contributed by atoms with Gasteiger partial charge < -0.3 is 15.3 Å². The summed E-state index contributed by atoms with van der Waals surface area (Å²) in [6.07, 6.45) is -0.371. The third kappa shape index (κ3) is 4.61. The maximum absolute atomic E-state index is 9.82. The summed E-state index contributed by atoms with van der Waals surface area (Å²) in [6, 6.07) is 4.51. The summed E-state index contributed by atoms with van der Waals surface area (Å²) in [5.41, 5.74) is 0. The third-order valence-electron chi connectivity index (χ3n) is 2.73. The van der Waals surface area contributed by atoms with E-state index in [1.807, 2.05) is 17.5 Å². The normalized spacial score (nSPS) is 13.6. The number of nitrogens with one attached hydrogen (secondary N) is 1. The summed E-state index contributed by atoms with van der Waals surface area (Å²) < 4.78 is 0. The summed E-state index contributed by atoms with van der Waals surface area (Å²) in [4.78, 5) is 3.31. The predicted molar refractivity (Wildman–Crippen MR) is 69.9 cm³/mol. The second-order valence-corrected chi connectivity index (χ2v) is 5.29. The zero-order chi connectivity index (χ0) is 12.0. The Labute approximate surface area is 102 Å². The molecule has 0 bridgehead atoms. The Kier molecular flexibility index (Phi) is 5.98. The van der Waals surface area contributed by atoms with Crippen LogP contribution in [0, 0.1) is 0 Å². The molecular weight excluding hydrogens is 220 g/mol. The summed E-state index contributed by atoms with van der Waals surface area (Å²) in [5, 5.41) is 15.1. The molecule has 1 unspecified atom stereocenters. The van der Waals surface area contributed by atoms with Crippen molar-refractivity contribution in [1.82, 2.24) is 10.2 Å². The molecule has 2 N–H and O–H groups in total. The third-order valence-corrected chi connectivity index (χ3v) is 3.71. The van der Waals surface area contributed by atoms with Crippen LogP contribution in [0.4, 0.5) is 0 Å². The van der Waals surface area contributed by atoms with E-state index in [0.717, 1.165) is 18.0 Å². The van der Waals surface area contributed by atoms with Gasteiger partial charge >= 0.3 is 0 Å². The lowest BCUT2D eigenvalue weighted by atomic mass is 10.3. The van der Waals surface area contributed by atoms with Crippen molar-refractivity contribution in [2.24, 2.45) is 0 Å². The van der Waals surface area contributed by atoms with Gasteiger partial charge in [-0.2, -0.15) is 0 Å². The number of nitrogens with zero attached hydrogens (tertiary/aromatic N) is 1. The molecule has 0 saturated carbocycles. The van der Waals surface area contributed by atoms with Crippen LogP contribution in [0.15, 0.2) is 17.5 Å². The van der Waals surface area contributed by atoms with E-state index < -0.39 is 0 Å². The molecule has 1 heterocycles. The number of hydrogen-bond donors (Lipinski definition) is 2. The monoisotopic (exact) mass is 242 g/mol. The number of thiophene rings is 1. The van der Waals surface area contributed by atoms with Crippen molar-refractivity contribution >= 4 is 11.3 Å². The predicted octanol–water partition coefficient (Wildman–Crippen LogP) is 1.71. The van der Waals surface area contributed by atoms with E-state index in [9.17, 15) is 5.11 Å². The van der Waals surface area contributed by atoms with Gasteiger partial charge in [-0.1, -0.05) is 6.07 Å². The highest BCUT2D eigenvalue weighted by Crippen LogP contribution is 2.17. The minimum absolute atomic E-state index is 0.371. The molecule has 0 aliphatic carbocycles. The van der Waals surface area contributed by atoms with Crippen molar-refractivity contribution in [2.45, 2.75) is 26.0 Å². The van der Waals surface area contributed by atoms with Gasteiger partial charge in [-0.15, -0.1) is 11.3 Å². The average molecular weight is 242 g/mol. The zero-order valence-corrected chi connectivity index (χ0v) is 11.1. The Hall–Kier alpha value is -0.420. The quantitative estimate of drug-likeness (QED) is 0.715. The second-order valence-electron chi connectivity index (χ2n) is 4.31. The minimum atomic E-state index is -0.371. The highest BCUT2D eigenvalue weighted by molar-refractivity contribution is 7.10. The van der Waals surface area contributed by atoms with E-state index in [1.54, 1.807) is 11.3 Å². The largest absolute Gasteiger partial charge is 0.386 e. The molecule has 0 fully saturated rings. The zero-order valence-electron chi connectivity index (χ0n) is 10.3. The Balaban J connectivity index is 2.12. The highest BCUT2D eigenvalue weighted by Gasteiger charge is 2.08. The van der Waals surface area contributed by atoms with Crippen LogP contribution in [0.5, 0.6) is 0 Å². The molecular formula is C12H22N2OS. The molecule has 0 aliphatic rings. The van der Waals surface area contributed by atoms with Crippen LogP contribution in [0.2, 0.25) is 0 Å². The molecule has 92 valence electrons. The Bertz CT molecular complexity index is 275. The Morgan fingerprint density at radius 3 is 2.81 bits per heavy atom. The molecule has 1 atom stereocenters. The van der Waals surface area contributed by atoms with Crippen molar-refractivity contribution in [3.05, 3.63) is 22.4 Å². The molecule has 16 heavy (non-hydrogen) atoms. The lowest BCUT2D eigenvalue weighted by Gasteiger charge is -2.21. The summed E-state index contributed by atoms with van der Waals surface area (Å²) in [7, 11) is 2.11. The van der Waals surface area contributed by atoms with E-state index in [2.05, 4.69) is 31.1 Å². The van der Waals surface area contributed by atoms with Crippen LogP contribution in [-0.4, -0.2) is 42.7 Å². The van der Waals surface area contributed by atoms with Crippen LogP contribution in [0.25, 0.3) is 0 Å². The van der Waals surface area contributed by atoms with E-state index in [1.165, 1.54) is 0 Å². The van der Waals surface area contributed by atoms with Gasteiger partial charge in [0.2, 0.25) is 0 Å². The van der Waals surface area contributed by atoms with Gasteiger partial charge in [0.1, 0.15) is 6.10 Å². The highest BCUT2D eigenvalue weighted by atomic mass is 32.1. The number of aliphatic hydroxyl groups is 1.